The number of carbonyl (C=O) groups excluding carboxylic acids is 1. The molecule has 0 aromatic carbocycles. The Morgan fingerprint density at radius 1 is 1.36 bits per heavy atom. The first-order chi connectivity index (χ1) is 6.37. The minimum absolute atomic E-state index is 0.633. The van der Waals surface area contributed by atoms with Crippen LogP contribution in [-0.4, -0.2) is 37.0 Å². The second-order valence-electron chi connectivity index (χ2n) is 2.35. The molecule has 0 saturated heterocycles. The fourth-order valence-electron chi connectivity index (χ4n) is 0.754. The highest BCUT2D eigenvalue weighted by Gasteiger charge is 2.40. The van der Waals surface area contributed by atoms with Gasteiger partial charge in [-0.2, -0.15) is 0 Å². The van der Waals surface area contributed by atoms with Crippen LogP contribution in [0, 0.1) is 0 Å². The fourth-order valence-corrected chi connectivity index (χ4v) is 1.94. The normalized spacial score (nSPS) is 13.4. The third kappa shape index (κ3) is 3.10. The smallest absolute Gasteiger partial charge is 0.363 e. The summed E-state index contributed by atoms with van der Waals surface area (Å²) in [5.41, 5.74) is 0. The van der Waals surface area contributed by atoms with Gasteiger partial charge in [0.2, 0.25) is 11.7 Å². The fraction of sp³-hybridized carbons (Fsp3) is 0.667. The van der Waals surface area contributed by atoms with Crippen LogP contribution in [0.5, 0.6) is 0 Å². The standard InChI is InChI=1S/C6H12NO6P/c1-4(8)7-5(6(9)10)14(11,12-2)13-3/h5H,1-3H3,(H,7,8)(H,9,10). The Bertz CT molecular complexity index is 269. The average molecular weight is 225 g/mol. The van der Waals surface area contributed by atoms with E-state index in [1.165, 1.54) is 0 Å². The minimum atomic E-state index is -3.83. The second-order valence-corrected chi connectivity index (χ2v) is 4.67. The van der Waals surface area contributed by atoms with Crippen LogP contribution in [0.15, 0.2) is 0 Å². The number of aliphatic carboxylic acids is 1. The van der Waals surface area contributed by atoms with E-state index in [2.05, 4.69) is 9.05 Å². The molecule has 0 heterocycles. The van der Waals surface area contributed by atoms with Crippen molar-refractivity contribution < 1.29 is 28.3 Å². The molecule has 0 spiro atoms. The van der Waals surface area contributed by atoms with Gasteiger partial charge in [0.25, 0.3) is 0 Å². The van der Waals surface area contributed by atoms with E-state index in [-0.39, 0.29) is 0 Å². The number of carbonyl (C=O) groups is 2. The van der Waals surface area contributed by atoms with Gasteiger partial charge in [-0.15, -0.1) is 0 Å². The second kappa shape index (κ2) is 5.09. The highest BCUT2D eigenvalue weighted by Crippen LogP contribution is 2.50. The molecule has 8 heteroatoms. The molecular weight excluding hydrogens is 213 g/mol. The molecule has 0 aromatic heterocycles. The first-order valence-electron chi connectivity index (χ1n) is 3.58. The Hall–Kier alpha value is -0.910. The molecule has 0 saturated carbocycles. The van der Waals surface area contributed by atoms with E-state index in [1.54, 1.807) is 0 Å². The van der Waals surface area contributed by atoms with Gasteiger partial charge >= 0.3 is 13.6 Å². The van der Waals surface area contributed by atoms with Gasteiger partial charge in [-0.1, -0.05) is 0 Å². The molecule has 1 amide bonds. The van der Waals surface area contributed by atoms with Gasteiger partial charge in [-0.25, -0.2) is 4.79 Å². The molecule has 1 atom stereocenters. The first-order valence-corrected chi connectivity index (χ1v) is 5.19. The molecule has 82 valence electrons. The number of amides is 1. The summed E-state index contributed by atoms with van der Waals surface area (Å²) >= 11 is 0. The Balaban J connectivity index is 4.89. The van der Waals surface area contributed by atoms with Crippen molar-refractivity contribution in [2.75, 3.05) is 14.2 Å². The minimum Gasteiger partial charge on any atom is -0.479 e. The van der Waals surface area contributed by atoms with Gasteiger partial charge in [0.15, 0.2) is 0 Å². The zero-order chi connectivity index (χ0) is 11.4. The van der Waals surface area contributed by atoms with Crippen LogP contribution < -0.4 is 5.32 Å². The molecule has 0 rings (SSSR count). The molecule has 2 N–H and O–H groups in total. The van der Waals surface area contributed by atoms with Crippen molar-refractivity contribution in [3.63, 3.8) is 0 Å². The lowest BCUT2D eigenvalue weighted by Gasteiger charge is -2.20. The Morgan fingerprint density at radius 2 is 1.79 bits per heavy atom. The highest BCUT2D eigenvalue weighted by atomic mass is 31.2. The third-order valence-electron chi connectivity index (χ3n) is 1.40. The van der Waals surface area contributed by atoms with Crippen LogP contribution in [0.2, 0.25) is 0 Å². The summed E-state index contributed by atoms with van der Waals surface area (Å²) in [5, 5.41) is 10.6. The number of carboxylic acids is 1. The van der Waals surface area contributed by atoms with Gasteiger partial charge in [-0.3, -0.25) is 9.36 Å². The van der Waals surface area contributed by atoms with Gasteiger partial charge in [-0.05, 0) is 0 Å². The van der Waals surface area contributed by atoms with Gasteiger partial charge in [0.05, 0.1) is 0 Å². The lowest BCUT2D eigenvalue weighted by molar-refractivity contribution is -0.139. The molecule has 0 aliphatic heterocycles. The molecule has 0 aromatic rings. The maximum Gasteiger partial charge on any atom is 0.363 e. The largest absolute Gasteiger partial charge is 0.479 e. The number of hydrogen-bond acceptors (Lipinski definition) is 5. The van der Waals surface area contributed by atoms with Gasteiger partial charge in [0.1, 0.15) is 0 Å². The van der Waals surface area contributed by atoms with Crippen molar-refractivity contribution in [3.05, 3.63) is 0 Å². The van der Waals surface area contributed by atoms with Crippen LogP contribution in [-0.2, 0) is 23.2 Å². The monoisotopic (exact) mass is 225 g/mol. The van der Waals surface area contributed by atoms with Crippen molar-refractivity contribution in [2.24, 2.45) is 0 Å². The van der Waals surface area contributed by atoms with E-state index in [9.17, 15) is 14.2 Å². The molecular formula is C6H12NO6P. The van der Waals surface area contributed by atoms with E-state index in [4.69, 9.17) is 5.11 Å². The number of rotatable bonds is 5. The van der Waals surface area contributed by atoms with Gasteiger partial charge in [0, 0.05) is 21.1 Å². The zero-order valence-electron chi connectivity index (χ0n) is 8.01. The highest BCUT2D eigenvalue weighted by molar-refractivity contribution is 7.55. The first kappa shape index (κ1) is 13.1. The number of nitrogens with one attached hydrogen (secondary N) is 1. The molecule has 7 nitrogen and oxygen atoms in total. The van der Waals surface area contributed by atoms with Crippen LogP contribution >= 0.6 is 7.60 Å². The maximum atomic E-state index is 11.6. The van der Waals surface area contributed by atoms with Crippen LogP contribution in [0.1, 0.15) is 6.92 Å². The zero-order valence-corrected chi connectivity index (χ0v) is 8.91. The van der Waals surface area contributed by atoms with Crippen molar-refractivity contribution in [3.8, 4) is 0 Å². The summed E-state index contributed by atoms with van der Waals surface area (Å²) in [5.74, 6) is -3.80. The van der Waals surface area contributed by atoms with E-state index in [0.29, 0.717) is 0 Å². The topological polar surface area (TPSA) is 102 Å². The molecule has 14 heavy (non-hydrogen) atoms. The predicted molar refractivity (Wildman–Crippen MR) is 46.9 cm³/mol. The Morgan fingerprint density at radius 3 is 2.00 bits per heavy atom. The molecule has 0 bridgehead atoms. The molecule has 0 aliphatic carbocycles. The lowest BCUT2D eigenvalue weighted by Crippen LogP contribution is -2.40. The van der Waals surface area contributed by atoms with Crippen molar-refractivity contribution in [2.45, 2.75) is 12.7 Å². The van der Waals surface area contributed by atoms with Crippen LogP contribution in [0.25, 0.3) is 0 Å². The summed E-state index contributed by atoms with van der Waals surface area (Å²) in [6.07, 6.45) is 0. The average Bonchev–Trinajstić information content (AvgIpc) is 2.12. The molecule has 0 radical (unpaired) electrons. The van der Waals surface area contributed by atoms with Crippen molar-refractivity contribution >= 4 is 19.5 Å². The predicted octanol–water partition coefficient (Wildman–Crippen LogP) is 0.0191. The third-order valence-corrected chi connectivity index (χ3v) is 3.40. The quantitative estimate of drug-likeness (QED) is 0.639. The van der Waals surface area contributed by atoms with E-state index < -0.39 is 25.3 Å². The number of carboxylic acid groups (broad SMARTS) is 1. The molecule has 1 unspecified atom stereocenters. The SMILES string of the molecule is COP(=O)(OC)C(NC(C)=O)C(=O)O. The lowest BCUT2D eigenvalue weighted by atomic mass is 10.6. The van der Waals surface area contributed by atoms with Crippen LogP contribution in [0.4, 0.5) is 0 Å². The summed E-state index contributed by atoms with van der Waals surface area (Å²) in [6.45, 7) is 1.10. The van der Waals surface area contributed by atoms with Crippen LogP contribution in [0.3, 0.4) is 0 Å². The summed E-state index contributed by atoms with van der Waals surface area (Å²) in [6, 6.07) is 0. The summed E-state index contributed by atoms with van der Waals surface area (Å²) < 4.78 is 20.5. The Labute approximate surface area is 80.9 Å². The van der Waals surface area contributed by atoms with E-state index in [1.807, 2.05) is 5.32 Å². The molecule has 0 aliphatic rings. The Kier molecular flexibility index (Phi) is 4.76. The number of hydrogen-bond donors (Lipinski definition) is 2. The van der Waals surface area contributed by atoms with Gasteiger partial charge < -0.3 is 19.5 Å². The van der Waals surface area contributed by atoms with E-state index >= 15 is 0 Å². The maximum absolute atomic E-state index is 11.6. The van der Waals surface area contributed by atoms with Crippen molar-refractivity contribution in [1.82, 2.24) is 5.32 Å². The van der Waals surface area contributed by atoms with Crippen molar-refractivity contribution in [1.29, 1.82) is 0 Å². The summed E-state index contributed by atoms with van der Waals surface area (Å²) in [4.78, 5) is 21.3. The van der Waals surface area contributed by atoms with E-state index in [0.717, 1.165) is 21.1 Å². The molecule has 0 fully saturated rings. The summed E-state index contributed by atoms with van der Waals surface area (Å²) in [7, 11) is -1.75.